The third kappa shape index (κ3) is 4.22. The van der Waals surface area contributed by atoms with E-state index in [1.54, 1.807) is 7.05 Å². The normalized spacial score (nSPS) is 10.0. The van der Waals surface area contributed by atoms with Gasteiger partial charge in [0.1, 0.15) is 0 Å². The Labute approximate surface area is 61.4 Å². The average Bonchev–Trinajstić information content (AvgIpc) is 1.90. The molecule has 0 bridgehead atoms. The zero-order chi connectivity index (χ0) is 7.98. The molecular weight excluding hydrogens is 130 g/mol. The Bertz CT molecular complexity index is 92.0. The molecule has 0 atom stereocenters. The average molecular weight is 145 g/mol. The van der Waals surface area contributed by atoms with Crippen LogP contribution in [0.2, 0.25) is 0 Å². The second-order valence-electron chi connectivity index (χ2n) is 2.25. The molecule has 0 aromatic carbocycles. The van der Waals surface area contributed by atoms with Gasteiger partial charge in [-0.25, -0.2) is 10.5 Å². The molecule has 5 heteroatoms. The standard InChI is InChI=1S/C5H15N5/c1-7-10(8-6)5-4-9(2)3/h6-7H,4-5H2,1-3H3. The van der Waals surface area contributed by atoms with Crippen LogP contribution in [-0.2, 0) is 0 Å². The maximum absolute atomic E-state index is 6.67. The Morgan fingerprint density at radius 3 is 2.30 bits per heavy atom. The number of hydrazine groups is 1. The van der Waals surface area contributed by atoms with Crippen molar-refractivity contribution < 1.29 is 0 Å². The van der Waals surface area contributed by atoms with Gasteiger partial charge in [0.05, 0.1) is 6.54 Å². The summed E-state index contributed by atoms with van der Waals surface area (Å²) in [6.45, 7) is 1.62. The first-order chi connectivity index (χ1) is 4.70. The van der Waals surface area contributed by atoms with Gasteiger partial charge < -0.3 is 4.90 Å². The van der Waals surface area contributed by atoms with Crippen molar-refractivity contribution in [3.63, 3.8) is 0 Å². The predicted molar refractivity (Wildman–Crippen MR) is 39.5 cm³/mol. The Balaban J connectivity index is 3.34. The first-order valence-corrected chi connectivity index (χ1v) is 3.17. The molecule has 0 heterocycles. The van der Waals surface area contributed by atoms with E-state index in [4.69, 9.17) is 5.53 Å². The number of nitrogens with zero attached hydrogens (tertiary/aromatic N) is 3. The van der Waals surface area contributed by atoms with Crippen LogP contribution >= 0.6 is 0 Å². The van der Waals surface area contributed by atoms with Gasteiger partial charge in [-0.1, -0.05) is 5.22 Å². The molecule has 0 saturated heterocycles. The highest BCUT2D eigenvalue weighted by atomic mass is 15.7. The van der Waals surface area contributed by atoms with Crippen LogP contribution in [0.25, 0.3) is 0 Å². The summed E-state index contributed by atoms with van der Waals surface area (Å²) in [4.78, 5) is 2.04. The molecule has 0 aliphatic heterocycles. The monoisotopic (exact) mass is 145 g/mol. The number of nitrogens with one attached hydrogen (secondary N) is 2. The number of rotatable bonds is 5. The highest BCUT2D eigenvalue weighted by molar-refractivity contribution is 4.45. The molecule has 0 rings (SSSR count). The maximum atomic E-state index is 6.67. The van der Waals surface area contributed by atoms with E-state index in [0.29, 0.717) is 0 Å². The van der Waals surface area contributed by atoms with Gasteiger partial charge in [0.25, 0.3) is 0 Å². The Hall–Kier alpha value is -0.680. The summed E-state index contributed by atoms with van der Waals surface area (Å²) >= 11 is 0. The van der Waals surface area contributed by atoms with Gasteiger partial charge in [0.2, 0.25) is 0 Å². The van der Waals surface area contributed by atoms with Crippen LogP contribution in [0.15, 0.2) is 5.22 Å². The lowest BCUT2D eigenvalue weighted by Crippen LogP contribution is -2.35. The van der Waals surface area contributed by atoms with Crippen LogP contribution in [0, 0.1) is 5.53 Å². The third-order valence-corrected chi connectivity index (χ3v) is 1.14. The summed E-state index contributed by atoms with van der Waals surface area (Å²) in [6.07, 6.45) is 0. The van der Waals surface area contributed by atoms with Crippen LogP contribution in [0.4, 0.5) is 0 Å². The summed E-state index contributed by atoms with van der Waals surface area (Å²) in [5, 5.41) is 4.70. The van der Waals surface area contributed by atoms with Crippen LogP contribution < -0.4 is 5.43 Å². The zero-order valence-electron chi connectivity index (χ0n) is 6.76. The summed E-state index contributed by atoms with van der Waals surface area (Å²) in [7, 11) is 5.71. The van der Waals surface area contributed by atoms with Crippen LogP contribution in [0.3, 0.4) is 0 Å². The molecule has 0 fully saturated rings. The summed E-state index contributed by atoms with van der Waals surface area (Å²) in [5.74, 6) is 0. The molecule has 0 spiro atoms. The molecule has 0 unspecified atom stereocenters. The fourth-order valence-corrected chi connectivity index (χ4v) is 0.507. The van der Waals surface area contributed by atoms with Gasteiger partial charge in [-0.2, -0.15) is 5.53 Å². The van der Waals surface area contributed by atoms with Crippen molar-refractivity contribution >= 4 is 0 Å². The molecule has 0 radical (unpaired) electrons. The quantitative estimate of drug-likeness (QED) is 0.420. The lowest BCUT2D eigenvalue weighted by molar-refractivity contribution is 0.175. The Morgan fingerprint density at radius 2 is 2.00 bits per heavy atom. The number of likely N-dealkylation sites (N-methyl/N-ethyl adjacent to an activating group) is 1. The van der Waals surface area contributed by atoms with E-state index in [1.807, 2.05) is 19.0 Å². The van der Waals surface area contributed by atoms with Crippen molar-refractivity contribution in [3.05, 3.63) is 0 Å². The highest BCUT2D eigenvalue weighted by Gasteiger charge is 1.96. The molecule has 10 heavy (non-hydrogen) atoms. The highest BCUT2D eigenvalue weighted by Crippen LogP contribution is 1.81. The van der Waals surface area contributed by atoms with Gasteiger partial charge in [0.15, 0.2) is 0 Å². The lowest BCUT2D eigenvalue weighted by atomic mass is 10.6. The fraction of sp³-hybridized carbons (Fsp3) is 1.00. The van der Waals surface area contributed by atoms with Gasteiger partial charge in [-0.15, -0.1) is 0 Å². The largest absolute Gasteiger partial charge is 0.308 e. The summed E-state index contributed by atoms with van der Waals surface area (Å²) < 4.78 is 0. The minimum atomic E-state index is 0.729. The van der Waals surface area contributed by atoms with Crippen molar-refractivity contribution in [2.75, 3.05) is 34.2 Å². The second-order valence-corrected chi connectivity index (χ2v) is 2.25. The molecule has 0 aromatic rings. The zero-order valence-corrected chi connectivity index (χ0v) is 6.76. The molecule has 0 amide bonds. The topological polar surface area (TPSA) is 54.7 Å². The summed E-state index contributed by atoms with van der Waals surface area (Å²) in [6, 6.07) is 0. The van der Waals surface area contributed by atoms with Crippen molar-refractivity contribution in [1.82, 2.24) is 15.4 Å². The molecule has 0 aromatic heterocycles. The fourth-order valence-electron chi connectivity index (χ4n) is 0.507. The van der Waals surface area contributed by atoms with E-state index >= 15 is 0 Å². The molecule has 0 aliphatic rings. The molecule has 2 N–H and O–H groups in total. The third-order valence-electron chi connectivity index (χ3n) is 1.14. The van der Waals surface area contributed by atoms with Crippen molar-refractivity contribution in [2.45, 2.75) is 0 Å². The van der Waals surface area contributed by atoms with Crippen molar-refractivity contribution in [3.8, 4) is 0 Å². The van der Waals surface area contributed by atoms with Crippen molar-refractivity contribution in [2.24, 2.45) is 5.22 Å². The first-order valence-electron chi connectivity index (χ1n) is 3.17. The Kier molecular flexibility index (Phi) is 4.78. The van der Waals surface area contributed by atoms with Crippen LogP contribution in [0.5, 0.6) is 0 Å². The van der Waals surface area contributed by atoms with Gasteiger partial charge in [-0.3, -0.25) is 0 Å². The molecule has 60 valence electrons. The minimum absolute atomic E-state index is 0.729. The lowest BCUT2D eigenvalue weighted by Gasteiger charge is -2.17. The Morgan fingerprint density at radius 1 is 1.40 bits per heavy atom. The summed E-state index contributed by atoms with van der Waals surface area (Å²) in [5.41, 5.74) is 9.43. The molecule has 0 aliphatic carbocycles. The van der Waals surface area contributed by atoms with E-state index in [-0.39, 0.29) is 0 Å². The minimum Gasteiger partial charge on any atom is -0.308 e. The van der Waals surface area contributed by atoms with E-state index in [9.17, 15) is 0 Å². The van der Waals surface area contributed by atoms with Crippen LogP contribution in [0.1, 0.15) is 0 Å². The molecule has 0 saturated carbocycles. The van der Waals surface area contributed by atoms with Crippen LogP contribution in [-0.4, -0.2) is 44.3 Å². The van der Waals surface area contributed by atoms with E-state index in [1.165, 1.54) is 5.12 Å². The predicted octanol–water partition coefficient (Wildman–Crippen LogP) is -0.0696. The number of hydrogen-bond donors (Lipinski definition) is 2. The van der Waals surface area contributed by atoms with Crippen molar-refractivity contribution in [1.29, 1.82) is 5.53 Å². The maximum Gasteiger partial charge on any atom is 0.0677 e. The molecular formula is C5H15N5. The van der Waals surface area contributed by atoms with E-state index < -0.39 is 0 Å². The first kappa shape index (κ1) is 9.32. The van der Waals surface area contributed by atoms with Gasteiger partial charge in [0, 0.05) is 13.6 Å². The smallest absolute Gasteiger partial charge is 0.0677 e. The van der Waals surface area contributed by atoms with E-state index in [0.717, 1.165) is 13.1 Å². The van der Waals surface area contributed by atoms with Gasteiger partial charge in [-0.05, 0) is 14.1 Å². The molecule has 5 nitrogen and oxygen atoms in total. The van der Waals surface area contributed by atoms with E-state index in [2.05, 4.69) is 10.6 Å². The second kappa shape index (κ2) is 5.13. The van der Waals surface area contributed by atoms with Gasteiger partial charge >= 0.3 is 0 Å². The SMILES string of the molecule is CNN(CCN(C)C)N=N. The number of hydrogen-bond acceptors (Lipinski definition) is 4.